The van der Waals surface area contributed by atoms with Crippen molar-refractivity contribution in [3.05, 3.63) is 59.9 Å². The minimum absolute atomic E-state index is 0. The number of rotatable bonds is 3. The van der Waals surface area contributed by atoms with Gasteiger partial charge in [0.2, 0.25) is 0 Å². The molecule has 2 aromatic carbocycles. The molecule has 0 bridgehead atoms. The number of anilines is 1. The fourth-order valence-corrected chi connectivity index (χ4v) is 1.36. The Balaban J connectivity index is 0.00000144. The zero-order valence-electron chi connectivity index (χ0n) is 9.10. The molecule has 0 amide bonds. The first kappa shape index (κ1) is 13.3. The van der Waals surface area contributed by atoms with Gasteiger partial charge < -0.3 is 10.5 Å². The molecular weight excluding hydrogens is 241 g/mol. The molecule has 0 radical (unpaired) electrons. The SMILES string of the molecule is Cl.Nc1ccc(OCc2cccc(F)c2)cc1. The van der Waals surface area contributed by atoms with Crippen LogP contribution in [0.2, 0.25) is 0 Å². The normalized spacial score (nSPS) is 9.47. The van der Waals surface area contributed by atoms with E-state index in [-0.39, 0.29) is 18.2 Å². The smallest absolute Gasteiger partial charge is 0.123 e. The second-order valence-corrected chi connectivity index (χ2v) is 3.49. The summed E-state index contributed by atoms with van der Waals surface area (Å²) in [6, 6.07) is 13.5. The average molecular weight is 254 g/mol. The summed E-state index contributed by atoms with van der Waals surface area (Å²) in [5, 5.41) is 0. The van der Waals surface area contributed by atoms with Crippen LogP contribution in [0.4, 0.5) is 10.1 Å². The first-order valence-electron chi connectivity index (χ1n) is 4.97. The van der Waals surface area contributed by atoms with Gasteiger partial charge in [0.15, 0.2) is 0 Å². The second kappa shape index (κ2) is 6.11. The van der Waals surface area contributed by atoms with Crippen molar-refractivity contribution in [2.45, 2.75) is 6.61 Å². The summed E-state index contributed by atoms with van der Waals surface area (Å²) in [6.45, 7) is 0.349. The van der Waals surface area contributed by atoms with Crippen molar-refractivity contribution in [2.75, 3.05) is 5.73 Å². The van der Waals surface area contributed by atoms with Crippen molar-refractivity contribution in [1.82, 2.24) is 0 Å². The lowest BCUT2D eigenvalue weighted by Crippen LogP contribution is -1.96. The van der Waals surface area contributed by atoms with E-state index in [4.69, 9.17) is 10.5 Å². The van der Waals surface area contributed by atoms with E-state index in [9.17, 15) is 4.39 Å². The van der Waals surface area contributed by atoms with Crippen LogP contribution in [0, 0.1) is 5.82 Å². The van der Waals surface area contributed by atoms with Gasteiger partial charge in [0.1, 0.15) is 18.2 Å². The summed E-state index contributed by atoms with van der Waals surface area (Å²) in [5.74, 6) is 0.469. The van der Waals surface area contributed by atoms with Crippen LogP contribution < -0.4 is 10.5 Å². The van der Waals surface area contributed by atoms with E-state index in [1.807, 2.05) is 6.07 Å². The minimum Gasteiger partial charge on any atom is -0.489 e. The van der Waals surface area contributed by atoms with Gasteiger partial charge in [-0.05, 0) is 42.0 Å². The second-order valence-electron chi connectivity index (χ2n) is 3.49. The van der Waals surface area contributed by atoms with E-state index in [1.54, 1.807) is 30.3 Å². The molecule has 17 heavy (non-hydrogen) atoms. The van der Waals surface area contributed by atoms with Crippen LogP contribution in [0.25, 0.3) is 0 Å². The quantitative estimate of drug-likeness (QED) is 0.851. The monoisotopic (exact) mass is 253 g/mol. The van der Waals surface area contributed by atoms with Gasteiger partial charge in [-0.1, -0.05) is 12.1 Å². The Kier molecular flexibility index (Phi) is 4.79. The van der Waals surface area contributed by atoms with Gasteiger partial charge in [-0.15, -0.1) is 12.4 Å². The Morgan fingerprint density at radius 3 is 2.41 bits per heavy atom. The Morgan fingerprint density at radius 2 is 1.76 bits per heavy atom. The molecule has 0 saturated carbocycles. The van der Waals surface area contributed by atoms with Gasteiger partial charge in [-0.3, -0.25) is 0 Å². The molecule has 2 N–H and O–H groups in total. The maximum absolute atomic E-state index is 12.9. The Morgan fingerprint density at radius 1 is 1.06 bits per heavy atom. The standard InChI is InChI=1S/C13H12FNO.ClH/c14-11-3-1-2-10(8-11)9-16-13-6-4-12(15)5-7-13;/h1-8H,9,15H2;1H. The lowest BCUT2D eigenvalue weighted by Gasteiger charge is -2.06. The molecule has 0 unspecified atom stereocenters. The molecule has 90 valence electrons. The van der Waals surface area contributed by atoms with Gasteiger partial charge in [0, 0.05) is 5.69 Å². The van der Waals surface area contributed by atoms with Crippen LogP contribution in [0.15, 0.2) is 48.5 Å². The molecule has 0 aliphatic rings. The number of nitrogens with two attached hydrogens (primary N) is 1. The van der Waals surface area contributed by atoms with Crippen LogP contribution in [0.3, 0.4) is 0 Å². The molecule has 2 nitrogen and oxygen atoms in total. The zero-order chi connectivity index (χ0) is 11.4. The van der Waals surface area contributed by atoms with E-state index in [2.05, 4.69) is 0 Å². The summed E-state index contributed by atoms with van der Waals surface area (Å²) in [4.78, 5) is 0. The van der Waals surface area contributed by atoms with Crippen molar-refractivity contribution in [3.63, 3.8) is 0 Å². The predicted octanol–water partition coefficient (Wildman–Crippen LogP) is 3.41. The Bertz CT molecular complexity index is 473. The molecule has 0 aliphatic heterocycles. The predicted molar refractivity (Wildman–Crippen MR) is 68.8 cm³/mol. The van der Waals surface area contributed by atoms with Crippen molar-refractivity contribution in [3.8, 4) is 5.75 Å². The summed E-state index contributed by atoms with van der Waals surface area (Å²) in [7, 11) is 0. The molecule has 0 spiro atoms. The first-order valence-corrected chi connectivity index (χ1v) is 4.97. The maximum atomic E-state index is 12.9. The summed E-state index contributed by atoms with van der Waals surface area (Å²) in [6.07, 6.45) is 0. The van der Waals surface area contributed by atoms with Crippen LogP contribution in [0.5, 0.6) is 5.75 Å². The fourth-order valence-electron chi connectivity index (χ4n) is 1.36. The molecule has 0 aromatic heterocycles. The van der Waals surface area contributed by atoms with E-state index in [0.29, 0.717) is 12.3 Å². The van der Waals surface area contributed by atoms with Crippen molar-refractivity contribution in [1.29, 1.82) is 0 Å². The van der Waals surface area contributed by atoms with Crippen LogP contribution in [-0.2, 0) is 6.61 Å². The summed E-state index contributed by atoms with van der Waals surface area (Å²) >= 11 is 0. The highest BCUT2D eigenvalue weighted by atomic mass is 35.5. The largest absolute Gasteiger partial charge is 0.489 e. The van der Waals surface area contributed by atoms with E-state index >= 15 is 0 Å². The molecule has 0 saturated heterocycles. The molecule has 2 aromatic rings. The van der Waals surface area contributed by atoms with Crippen molar-refractivity contribution >= 4 is 18.1 Å². The van der Waals surface area contributed by atoms with Crippen LogP contribution in [0.1, 0.15) is 5.56 Å². The van der Waals surface area contributed by atoms with Crippen LogP contribution >= 0.6 is 12.4 Å². The number of nitrogen functional groups attached to an aromatic ring is 1. The van der Waals surface area contributed by atoms with Crippen molar-refractivity contribution < 1.29 is 9.13 Å². The summed E-state index contributed by atoms with van der Waals surface area (Å²) in [5.41, 5.74) is 7.04. The highest BCUT2D eigenvalue weighted by molar-refractivity contribution is 5.85. The molecule has 0 aliphatic carbocycles. The average Bonchev–Trinajstić information content (AvgIpc) is 2.28. The first-order chi connectivity index (χ1) is 7.74. The zero-order valence-corrected chi connectivity index (χ0v) is 9.91. The van der Waals surface area contributed by atoms with Gasteiger partial charge in [-0.2, -0.15) is 0 Å². The maximum Gasteiger partial charge on any atom is 0.123 e. The van der Waals surface area contributed by atoms with Gasteiger partial charge in [0.25, 0.3) is 0 Å². The number of hydrogen-bond acceptors (Lipinski definition) is 2. The van der Waals surface area contributed by atoms with Gasteiger partial charge in [-0.25, -0.2) is 4.39 Å². The third-order valence-electron chi connectivity index (χ3n) is 2.17. The number of hydrogen-bond donors (Lipinski definition) is 1. The van der Waals surface area contributed by atoms with Crippen molar-refractivity contribution in [2.24, 2.45) is 0 Å². The topological polar surface area (TPSA) is 35.2 Å². The molecule has 0 heterocycles. The molecule has 0 fully saturated rings. The van der Waals surface area contributed by atoms with Gasteiger partial charge >= 0.3 is 0 Å². The lowest BCUT2D eigenvalue weighted by molar-refractivity contribution is 0.305. The highest BCUT2D eigenvalue weighted by Gasteiger charge is 1.97. The molecule has 4 heteroatoms. The number of ether oxygens (including phenoxy) is 1. The number of benzene rings is 2. The van der Waals surface area contributed by atoms with E-state index in [1.165, 1.54) is 12.1 Å². The van der Waals surface area contributed by atoms with E-state index < -0.39 is 0 Å². The molecule has 0 atom stereocenters. The van der Waals surface area contributed by atoms with Crippen LogP contribution in [-0.4, -0.2) is 0 Å². The molecule has 2 rings (SSSR count). The third-order valence-corrected chi connectivity index (χ3v) is 2.17. The minimum atomic E-state index is -0.251. The third kappa shape index (κ3) is 3.96. The molecular formula is C13H13ClFNO. The van der Waals surface area contributed by atoms with E-state index in [0.717, 1.165) is 11.3 Å². The lowest BCUT2D eigenvalue weighted by atomic mass is 10.2. The summed E-state index contributed by atoms with van der Waals surface area (Å²) < 4.78 is 18.4. The Labute approximate surface area is 106 Å². The van der Waals surface area contributed by atoms with Gasteiger partial charge in [0.05, 0.1) is 0 Å². The Hall–Kier alpha value is -1.74. The number of halogens is 2. The highest BCUT2D eigenvalue weighted by Crippen LogP contribution is 2.15. The fraction of sp³-hybridized carbons (Fsp3) is 0.0769.